The van der Waals surface area contributed by atoms with Crippen molar-refractivity contribution in [3.63, 3.8) is 0 Å². The topological polar surface area (TPSA) is 149 Å². The van der Waals surface area contributed by atoms with Crippen molar-refractivity contribution in [3.8, 4) is 0 Å². The quantitative estimate of drug-likeness (QED) is 0.0261. The zero-order chi connectivity index (χ0) is 68.5. The van der Waals surface area contributed by atoms with Gasteiger partial charge in [0.05, 0.1) is 25.4 Å². The first-order valence-electron chi connectivity index (χ1n) is 41.6. The van der Waals surface area contributed by atoms with Crippen LogP contribution in [0.5, 0.6) is 0 Å². The standard InChI is InChI=1S/C86H159NO8/c1-3-5-7-9-11-13-15-17-19-21-23-25-27-29-31-33-35-36-37-38-39-40-41-42-43-44-46-48-50-52-54-56-58-60-62-64-66-68-70-72-74-76-82(90)87-79(78-94-86-85(93)84(92)83(91)81(77-88)95-86)80(89)75-73-71-69-67-65-63-61-59-57-55-53-51-49-47-45-34-32-30-28-26-24-22-20-18-16-14-12-10-8-6-4-2/h5,7,11,13,17,19,23,25,29,31,35-36,79-81,83-86,88-89,91-93H,3-4,6,8-10,12,14-16,18,20-22,24,26-28,30,32-34,37-78H2,1-2H3,(H,87,90)/b7-5-,13-11-,19-17-,25-23-,31-29-,36-35-. The zero-order valence-electron chi connectivity index (χ0n) is 62.7. The van der Waals surface area contributed by atoms with Gasteiger partial charge in [-0.1, -0.05) is 414 Å². The molecule has 0 radical (unpaired) electrons. The highest BCUT2D eigenvalue weighted by Crippen LogP contribution is 2.24. The second-order valence-corrected chi connectivity index (χ2v) is 28.9. The molecule has 0 aromatic heterocycles. The molecule has 95 heavy (non-hydrogen) atoms. The Kier molecular flexibility index (Phi) is 70.9. The van der Waals surface area contributed by atoms with E-state index in [1.54, 1.807) is 0 Å². The number of aliphatic hydroxyl groups is 5. The molecule has 556 valence electrons. The summed E-state index contributed by atoms with van der Waals surface area (Å²) in [5, 5.41) is 55.1. The third kappa shape index (κ3) is 62.4. The summed E-state index contributed by atoms with van der Waals surface area (Å²) in [6.45, 7) is 3.78. The molecule has 0 aliphatic carbocycles. The summed E-state index contributed by atoms with van der Waals surface area (Å²) in [6, 6.07) is -0.722. The van der Waals surface area contributed by atoms with Gasteiger partial charge in [0.1, 0.15) is 24.4 Å². The number of unbranched alkanes of at least 4 members (excludes halogenated alkanes) is 52. The van der Waals surface area contributed by atoms with Crippen LogP contribution in [-0.2, 0) is 14.3 Å². The van der Waals surface area contributed by atoms with Crippen molar-refractivity contribution < 1.29 is 39.8 Å². The molecule has 1 rings (SSSR count). The van der Waals surface area contributed by atoms with E-state index in [0.717, 1.165) is 77.0 Å². The fourth-order valence-electron chi connectivity index (χ4n) is 13.4. The van der Waals surface area contributed by atoms with E-state index in [2.05, 4.69) is 92.1 Å². The lowest BCUT2D eigenvalue weighted by molar-refractivity contribution is -0.302. The van der Waals surface area contributed by atoms with Crippen molar-refractivity contribution >= 4 is 5.91 Å². The van der Waals surface area contributed by atoms with E-state index in [1.807, 2.05) is 0 Å². The van der Waals surface area contributed by atoms with Gasteiger partial charge in [-0.2, -0.15) is 0 Å². The second-order valence-electron chi connectivity index (χ2n) is 28.9. The predicted molar refractivity (Wildman–Crippen MR) is 410 cm³/mol. The van der Waals surface area contributed by atoms with Gasteiger partial charge in [0.15, 0.2) is 6.29 Å². The Morgan fingerprint density at radius 3 is 0.968 bits per heavy atom. The number of hydrogen-bond acceptors (Lipinski definition) is 8. The van der Waals surface area contributed by atoms with Crippen LogP contribution in [0.15, 0.2) is 72.9 Å². The molecule has 6 N–H and O–H groups in total. The van der Waals surface area contributed by atoms with Crippen LogP contribution < -0.4 is 5.32 Å². The van der Waals surface area contributed by atoms with Gasteiger partial charge in [-0.3, -0.25) is 4.79 Å². The van der Waals surface area contributed by atoms with E-state index < -0.39 is 49.5 Å². The second kappa shape index (κ2) is 74.3. The molecule has 1 saturated heterocycles. The van der Waals surface area contributed by atoms with Crippen molar-refractivity contribution in [1.29, 1.82) is 0 Å². The van der Waals surface area contributed by atoms with Gasteiger partial charge in [0.2, 0.25) is 5.91 Å². The van der Waals surface area contributed by atoms with E-state index in [-0.39, 0.29) is 12.5 Å². The lowest BCUT2D eigenvalue weighted by Gasteiger charge is -2.40. The van der Waals surface area contributed by atoms with E-state index >= 15 is 0 Å². The molecule has 1 aliphatic heterocycles. The number of hydrogen-bond donors (Lipinski definition) is 6. The van der Waals surface area contributed by atoms with Gasteiger partial charge in [0.25, 0.3) is 0 Å². The summed E-state index contributed by atoms with van der Waals surface area (Å²) in [5.74, 6) is -0.136. The molecule has 0 aromatic carbocycles. The van der Waals surface area contributed by atoms with Crippen LogP contribution in [0.2, 0.25) is 0 Å². The summed E-state index contributed by atoms with van der Waals surface area (Å²) in [5.41, 5.74) is 0. The Morgan fingerprint density at radius 1 is 0.368 bits per heavy atom. The van der Waals surface area contributed by atoms with Crippen molar-refractivity contribution in [2.45, 2.75) is 455 Å². The molecular formula is C86H159NO8. The first-order chi connectivity index (χ1) is 46.8. The van der Waals surface area contributed by atoms with Crippen LogP contribution in [0.3, 0.4) is 0 Å². The molecular weight excluding hydrogens is 1170 g/mol. The maximum absolute atomic E-state index is 13.2. The average molecular weight is 1340 g/mol. The van der Waals surface area contributed by atoms with Gasteiger partial charge in [-0.25, -0.2) is 0 Å². The van der Waals surface area contributed by atoms with Gasteiger partial charge in [-0.15, -0.1) is 0 Å². The highest BCUT2D eigenvalue weighted by molar-refractivity contribution is 5.76. The lowest BCUT2D eigenvalue weighted by Crippen LogP contribution is -2.60. The molecule has 7 atom stereocenters. The molecule has 1 fully saturated rings. The van der Waals surface area contributed by atoms with Crippen LogP contribution in [-0.4, -0.2) is 87.5 Å². The highest BCUT2D eigenvalue weighted by Gasteiger charge is 2.44. The summed E-state index contributed by atoms with van der Waals surface area (Å²) in [6.07, 6.45) is 98.8. The van der Waals surface area contributed by atoms with E-state index in [0.29, 0.717) is 12.8 Å². The Hall–Kier alpha value is -2.37. The number of carbonyl (C=O) groups is 1. The van der Waals surface area contributed by atoms with Crippen LogP contribution >= 0.6 is 0 Å². The average Bonchev–Trinajstić information content (AvgIpc) is 0.836. The minimum Gasteiger partial charge on any atom is -0.394 e. The molecule has 1 amide bonds. The molecule has 1 heterocycles. The molecule has 0 aromatic rings. The number of ether oxygens (including phenoxy) is 2. The van der Waals surface area contributed by atoms with E-state index in [4.69, 9.17) is 9.47 Å². The molecule has 1 aliphatic rings. The normalized spacial score (nSPS) is 17.8. The van der Waals surface area contributed by atoms with Crippen molar-refractivity contribution in [1.82, 2.24) is 5.32 Å². The lowest BCUT2D eigenvalue weighted by atomic mass is 9.99. The fraction of sp³-hybridized carbons (Fsp3) is 0.849. The maximum Gasteiger partial charge on any atom is 0.220 e. The largest absolute Gasteiger partial charge is 0.394 e. The molecule has 9 heteroatoms. The third-order valence-corrected chi connectivity index (χ3v) is 19.8. The number of carbonyl (C=O) groups excluding carboxylic acids is 1. The number of nitrogens with one attached hydrogen (secondary N) is 1. The van der Waals surface area contributed by atoms with Crippen molar-refractivity contribution in [2.24, 2.45) is 0 Å². The number of aliphatic hydroxyl groups excluding tert-OH is 5. The Morgan fingerprint density at radius 2 is 0.653 bits per heavy atom. The molecule has 7 unspecified atom stereocenters. The van der Waals surface area contributed by atoms with Gasteiger partial charge < -0.3 is 40.3 Å². The molecule has 0 spiro atoms. The smallest absolute Gasteiger partial charge is 0.220 e. The van der Waals surface area contributed by atoms with E-state index in [9.17, 15) is 30.3 Å². The van der Waals surface area contributed by atoms with Gasteiger partial charge in [0, 0.05) is 6.42 Å². The van der Waals surface area contributed by atoms with Crippen LogP contribution in [0.1, 0.15) is 412 Å². The Balaban J connectivity index is 2.03. The summed E-state index contributed by atoms with van der Waals surface area (Å²) in [4.78, 5) is 13.2. The van der Waals surface area contributed by atoms with Gasteiger partial charge >= 0.3 is 0 Å². The molecule has 9 nitrogen and oxygen atoms in total. The minimum absolute atomic E-state index is 0.135. The van der Waals surface area contributed by atoms with Crippen molar-refractivity contribution in [3.05, 3.63) is 72.9 Å². The molecule has 0 saturated carbocycles. The van der Waals surface area contributed by atoms with E-state index in [1.165, 1.54) is 308 Å². The Labute approximate surface area is 589 Å². The van der Waals surface area contributed by atoms with Crippen molar-refractivity contribution in [2.75, 3.05) is 13.2 Å². The number of rotatable bonds is 74. The summed E-state index contributed by atoms with van der Waals surface area (Å²) in [7, 11) is 0. The molecule has 0 bridgehead atoms. The number of allylic oxidation sites excluding steroid dienone is 12. The monoisotopic (exact) mass is 1330 g/mol. The zero-order valence-corrected chi connectivity index (χ0v) is 62.7. The third-order valence-electron chi connectivity index (χ3n) is 19.8. The predicted octanol–water partition coefficient (Wildman–Crippen LogP) is 24.2. The first-order valence-corrected chi connectivity index (χ1v) is 41.6. The fourth-order valence-corrected chi connectivity index (χ4v) is 13.4. The van der Waals surface area contributed by atoms with Gasteiger partial charge in [-0.05, 0) is 64.2 Å². The number of amides is 1. The Bertz CT molecular complexity index is 1740. The minimum atomic E-state index is -1.56. The summed E-state index contributed by atoms with van der Waals surface area (Å²) < 4.78 is 11.4. The maximum atomic E-state index is 13.2. The summed E-state index contributed by atoms with van der Waals surface area (Å²) >= 11 is 0. The first kappa shape index (κ1) is 90.6. The highest BCUT2D eigenvalue weighted by atomic mass is 16.7. The SMILES string of the molecule is CC/C=C\C/C=C\C/C=C\C/C=C\C/C=C\C/C=C\CCCCCCCCCCCCCCCCCCCCCCCCC(=O)NC(COC1OC(CO)C(O)C(O)C1O)C(O)CCCCCCCCCCCCCCCCCCCCCCCCCCCCCCCCC. The van der Waals surface area contributed by atoms with Crippen LogP contribution in [0.4, 0.5) is 0 Å². The van der Waals surface area contributed by atoms with Crippen LogP contribution in [0.25, 0.3) is 0 Å². The van der Waals surface area contributed by atoms with Crippen LogP contribution in [0, 0.1) is 0 Å².